The molecule has 1 saturated heterocycles. The first-order chi connectivity index (χ1) is 18.2. The molecule has 0 unspecified atom stereocenters. The number of likely N-dealkylation sites (tertiary alicyclic amines) is 1. The van der Waals surface area contributed by atoms with Crippen LogP contribution in [0.15, 0.2) is 40.9 Å². The second-order valence-corrected chi connectivity index (χ2v) is 11.2. The molecular formula is C30H38N4O4. The number of anilines is 1. The molecule has 3 aromatic rings. The summed E-state index contributed by atoms with van der Waals surface area (Å²) in [5, 5.41) is 28.3. The molecule has 0 spiro atoms. The van der Waals surface area contributed by atoms with Gasteiger partial charge >= 0.3 is 0 Å². The standard InChI is InChI=1S/C30H38N4O4/c1-18(2)23-15-24(26(36)16-25(23)35)28-27(30(38-32-28)31-29(37)21-9-10-21)20-7-5-19(6-8-20)17-34-13-11-22(12-14-34)33(3)4/h5-8,15-16,18,21-22,35-36H,9-14,17H2,1-4H3,(H,31,37). The van der Waals surface area contributed by atoms with Crippen LogP contribution in [0.1, 0.15) is 56.6 Å². The molecule has 1 amide bonds. The number of amides is 1. The molecule has 1 saturated carbocycles. The monoisotopic (exact) mass is 518 g/mol. The number of benzene rings is 2. The van der Waals surface area contributed by atoms with Gasteiger partial charge in [-0.1, -0.05) is 43.3 Å². The van der Waals surface area contributed by atoms with Crippen molar-refractivity contribution in [1.82, 2.24) is 15.0 Å². The molecule has 2 aliphatic rings. The first-order valence-electron chi connectivity index (χ1n) is 13.6. The van der Waals surface area contributed by atoms with Gasteiger partial charge in [0.2, 0.25) is 11.8 Å². The number of piperidine rings is 1. The summed E-state index contributed by atoms with van der Waals surface area (Å²) in [4.78, 5) is 17.4. The average molecular weight is 519 g/mol. The smallest absolute Gasteiger partial charge is 0.239 e. The van der Waals surface area contributed by atoms with Crippen LogP contribution in [0.4, 0.5) is 5.88 Å². The molecule has 8 heteroatoms. The fraction of sp³-hybridized carbons (Fsp3) is 0.467. The van der Waals surface area contributed by atoms with Crippen molar-refractivity contribution in [1.29, 1.82) is 0 Å². The lowest BCUT2D eigenvalue weighted by atomic mass is 9.94. The van der Waals surface area contributed by atoms with Gasteiger partial charge in [0.25, 0.3) is 0 Å². The Morgan fingerprint density at radius 1 is 1.08 bits per heavy atom. The molecule has 0 radical (unpaired) electrons. The molecule has 1 aromatic heterocycles. The van der Waals surface area contributed by atoms with E-state index in [4.69, 9.17) is 4.52 Å². The van der Waals surface area contributed by atoms with Crippen LogP contribution in [0, 0.1) is 5.92 Å². The van der Waals surface area contributed by atoms with Crippen LogP contribution in [0.2, 0.25) is 0 Å². The van der Waals surface area contributed by atoms with Gasteiger partial charge in [-0.25, -0.2) is 0 Å². The lowest BCUT2D eigenvalue weighted by molar-refractivity contribution is -0.117. The zero-order valence-corrected chi connectivity index (χ0v) is 22.7. The maximum Gasteiger partial charge on any atom is 0.239 e. The summed E-state index contributed by atoms with van der Waals surface area (Å²) in [5.74, 6) is 0.177. The van der Waals surface area contributed by atoms with Crippen molar-refractivity contribution < 1.29 is 19.5 Å². The minimum Gasteiger partial charge on any atom is -0.508 e. The highest BCUT2D eigenvalue weighted by Crippen LogP contribution is 2.44. The number of aromatic nitrogens is 1. The molecule has 2 fully saturated rings. The molecule has 2 aromatic carbocycles. The number of phenolic OH excluding ortho intramolecular Hbond substituents is 2. The van der Waals surface area contributed by atoms with Gasteiger partial charge in [0.05, 0.1) is 5.56 Å². The number of hydrogen-bond acceptors (Lipinski definition) is 7. The normalized spacial score (nSPS) is 16.9. The predicted molar refractivity (Wildman–Crippen MR) is 148 cm³/mol. The first-order valence-corrected chi connectivity index (χ1v) is 13.6. The minimum atomic E-state index is -0.0979. The van der Waals surface area contributed by atoms with Gasteiger partial charge in [-0.2, -0.15) is 0 Å². The van der Waals surface area contributed by atoms with E-state index in [1.54, 1.807) is 6.07 Å². The van der Waals surface area contributed by atoms with Crippen LogP contribution in [0.3, 0.4) is 0 Å². The summed E-state index contributed by atoms with van der Waals surface area (Å²) < 4.78 is 5.65. The van der Waals surface area contributed by atoms with Gasteiger partial charge < -0.3 is 19.6 Å². The minimum absolute atomic E-state index is 0.00466. The lowest BCUT2D eigenvalue weighted by Crippen LogP contribution is -2.41. The van der Waals surface area contributed by atoms with Gasteiger partial charge in [-0.3, -0.25) is 15.0 Å². The fourth-order valence-corrected chi connectivity index (χ4v) is 5.26. The summed E-state index contributed by atoms with van der Waals surface area (Å²) >= 11 is 0. The van der Waals surface area contributed by atoms with Crippen molar-refractivity contribution in [2.45, 2.75) is 58.0 Å². The van der Waals surface area contributed by atoms with E-state index in [2.05, 4.69) is 46.5 Å². The number of carbonyl (C=O) groups excluding carboxylic acids is 1. The highest BCUT2D eigenvalue weighted by atomic mass is 16.5. The van der Waals surface area contributed by atoms with Crippen LogP contribution < -0.4 is 5.32 Å². The van der Waals surface area contributed by atoms with Crippen molar-refractivity contribution in [3.05, 3.63) is 47.5 Å². The third-order valence-electron chi connectivity index (χ3n) is 7.84. The Hall–Kier alpha value is -3.36. The first kappa shape index (κ1) is 26.3. The quantitative estimate of drug-likeness (QED) is 0.366. The topological polar surface area (TPSA) is 102 Å². The summed E-state index contributed by atoms with van der Waals surface area (Å²) in [6.45, 7) is 7.00. The van der Waals surface area contributed by atoms with Gasteiger partial charge in [0, 0.05) is 30.1 Å². The van der Waals surface area contributed by atoms with Gasteiger partial charge in [-0.15, -0.1) is 0 Å². The molecular weight excluding hydrogens is 480 g/mol. The van der Waals surface area contributed by atoms with Crippen molar-refractivity contribution >= 4 is 11.8 Å². The third-order valence-corrected chi connectivity index (χ3v) is 7.84. The summed E-state index contributed by atoms with van der Waals surface area (Å²) in [6.07, 6.45) is 4.10. The Morgan fingerprint density at radius 2 is 1.76 bits per heavy atom. The number of carbonyl (C=O) groups is 1. The van der Waals surface area contributed by atoms with Crippen molar-refractivity contribution in [3.63, 3.8) is 0 Å². The molecule has 2 heterocycles. The van der Waals surface area contributed by atoms with Gasteiger partial charge in [0.15, 0.2) is 0 Å². The zero-order valence-electron chi connectivity index (χ0n) is 22.7. The Bertz CT molecular complexity index is 1290. The molecule has 8 nitrogen and oxygen atoms in total. The van der Waals surface area contributed by atoms with Crippen molar-refractivity contribution in [3.8, 4) is 33.9 Å². The van der Waals surface area contributed by atoms with E-state index < -0.39 is 0 Å². The molecule has 0 atom stereocenters. The summed E-state index contributed by atoms with van der Waals surface area (Å²) in [7, 11) is 4.31. The molecule has 5 rings (SSSR count). The van der Waals surface area contributed by atoms with Gasteiger partial charge in [0.1, 0.15) is 17.2 Å². The van der Waals surface area contributed by atoms with Crippen molar-refractivity contribution in [2.75, 3.05) is 32.5 Å². The largest absolute Gasteiger partial charge is 0.508 e. The van der Waals surface area contributed by atoms with Crippen LogP contribution in [-0.2, 0) is 11.3 Å². The van der Waals surface area contributed by atoms with E-state index >= 15 is 0 Å². The second-order valence-electron chi connectivity index (χ2n) is 11.2. The molecule has 1 aliphatic heterocycles. The predicted octanol–water partition coefficient (Wildman–Crippen LogP) is 5.42. The van der Waals surface area contributed by atoms with Crippen LogP contribution in [-0.4, -0.2) is 64.3 Å². The fourth-order valence-electron chi connectivity index (χ4n) is 5.26. The number of phenols is 2. The summed E-state index contributed by atoms with van der Waals surface area (Å²) in [6, 6.07) is 12.0. The number of hydrogen-bond donors (Lipinski definition) is 3. The second kappa shape index (κ2) is 10.8. The van der Waals surface area contributed by atoms with Crippen LogP contribution in [0.25, 0.3) is 22.4 Å². The zero-order chi connectivity index (χ0) is 27.0. The maximum atomic E-state index is 12.6. The molecule has 202 valence electrons. The highest BCUT2D eigenvalue weighted by molar-refractivity contribution is 5.99. The number of rotatable bonds is 8. The van der Waals surface area contributed by atoms with E-state index in [0.717, 1.165) is 38.0 Å². The average Bonchev–Trinajstić information content (AvgIpc) is 3.66. The van der Waals surface area contributed by atoms with E-state index in [9.17, 15) is 15.0 Å². The van der Waals surface area contributed by atoms with Crippen LogP contribution >= 0.6 is 0 Å². The number of nitrogens with zero attached hydrogens (tertiary/aromatic N) is 3. The highest BCUT2D eigenvalue weighted by Gasteiger charge is 2.32. The third kappa shape index (κ3) is 5.56. The summed E-state index contributed by atoms with van der Waals surface area (Å²) in [5.41, 5.74) is 4.24. The van der Waals surface area contributed by atoms with Crippen LogP contribution in [0.5, 0.6) is 11.5 Å². The molecule has 3 N–H and O–H groups in total. The SMILES string of the molecule is CC(C)c1cc(-c2noc(NC(=O)C3CC3)c2-c2ccc(CN3CCC(N(C)C)CC3)cc2)c(O)cc1O. The Kier molecular flexibility index (Phi) is 7.45. The van der Waals surface area contributed by atoms with Gasteiger partial charge in [-0.05, 0) is 81.5 Å². The Balaban J connectivity index is 1.45. The lowest BCUT2D eigenvalue weighted by Gasteiger charge is -2.35. The number of aromatic hydroxyl groups is 2. The van der Waals surface area contributed by atoms with E-state index in [1.807, 2.05) is 26.0 Å². The molecule has 0 bridgehead atoms. The Morgan fingerprint density at radius 3 is 2.37 bits per heavy atom. The molecule has 38 heavy (non-hydrogen) atoms. The van der Waals surface area contributed by atoms with E-state index in [-0.39, 0.29) is 35.1 Å². The molecule has 1 aliphatic carbocycles. The maximum absolute atomic E-state index is 12.6. The Labute approximate surface area is 224 Å². The van der Waals surface area contributed by atoms with Crippen molar-refractivity contribution in [2.24, 2.45) is 5.92 Å². The van der Waals surface area contributed by atoms with E-state index in [0.29, 0.717) is 28.4 Å². The number of nitrogens with one attached hydrogen (secondary N) is 1. The van der Waals surface area contributed by atoms with E-state index in [1.165, 1.54) is 24.5 Å².